The van der Waals surface area contributed by atoms with Crippen molar-refractivity contribution in [3.8, 4) is 23.0 Å². The smallest absolute Gasteiger partial charge is 0.234 e. The van der Waals surface area contributed by atoms with Crippen LogP contribution >= 0.6 is 11.8 Å². The van der Waals surface area contributed by atoms with E-state index in [2.05, 4.69) is 41.5 Å². The second-order valence-electron chi connectivity index (χ2n) is 7.81. The third-order valence-corrected chi connectivity index (χ3v) is 6.42. The SMILES string of the molecule is CCOc1ccc(-n2c(SCC(=O)Nc3ccc([C@H](C)CC)cc3)nnc2-c2ccco2)cc1. The molecule has 1 atom stereocenters. The van der Waals surface area contributed by atoms with E-state index in [1.54, 1.807) is 12.3 Å². The van der Waals surface area contributed by atoms with E-state index in [9.17, 15) is 4.79 Å². The first-order valence-corrected chi connectivity index (χ1v) is 12.3. The number of nitrogens with one attached hydrogen (secondary N) is 1. The summed E-state index contributed by atoms with van der Waals surface area (Å²) in [7, 11) is 0. The molecule has 1 N–H and O–H groups in total. The Morgan fingerprint density at radius 1 is 1.09 bits per heavy atom. The Hall–Kier alpha value is -3.52. The third-order valence-electron chi connectivity index (χ3n) is 5.49. The van der Waals surface area contributed by atoms with Crippen LogP contribution in [0.4, 0.5) is 5.69 Å². The predicted molar refractivity (Wildman–Crippen MR) is 135 cm³/mol. The Labute approximate surface area is 203 Å². The zero-order valence-electron chi connectivity index (χ0n) is 19.5. The summed E-state index contributed by atoms with van der Waals surface area (Å²) in [6.45, 7) is 6.91. The van der Waals surface area contributed by atoms with Crippen LogP contribution in [0.2, 0.25) is 0 Å². The largest absolute Gasteiger partial charge is 0.494 e. The maximum atomic E-state index is 12.6. The minimum atomic E-state index is -0.109. The number of thioether (sulfide) groups is 1. The number of carbonyl (C=O) groups excluding carboxylic acids is 1. The molecule has 0 radical (unpaired) electrons. The van der Waals surface area contributed by atoms with Crippen LogP contribution in [0, 0.1) is 0 Å². The third kappa shape index (κ3) is 5.51. The lowest BCUT2D eigenvalue weighted by Gasteiger charge is -2.11. The van der Waals surface area contributed by atoms with Crippen molar-refractivity contribution in [3.63, 3.8) is 0 Å². The summed E-state index contributed by atoms with van der Waals surface area (Å²) in [5.41, 5.74) is 2.90. The molecule has 1 amide bonds. The predicted octanol–water partition coefficient (Wildman–Crippen LogP) is 6.17. The van der Waals surface area contributed by atoms with Gasteiger partial charge in [-0.3, -0.25) is 9.36 Å². The Morgan fingerprint density at radius 2 is 1.85 bits per heavy atom. The molecule has 0 unspecified atom stereocenters. The maximum absolute atomic E-state index is 12.6. The topological polar surface area (TPSA) is 82.2 Å². The Bertz CT molecular complexity index is 1200. The van der Waals surface area contributed by atoms with Crippen molar-refractivity contribution in [3.05, 3.63) is 72.5 Å². The van der Waals surface area contributed by atoms with E-state index in [0.29, 0.717) is 29.3 Å². The molecular formula is C26H28N4O3S. The van der Waals surface area contributed by atoms with Gasteiger partial charge in [0.15, 0.2) is 10.9 Å². The van der Waals surface area contributed by atoms with Gasteiger partial charge in [0.05, 0.1) is 24.3 Å². The molecule has 2 aromatic carbocycles. The summed E-state index contributed by atoms with van der Waals surface area (Å²) in [6.07, 6.45) is 2.68. The fourth-order valence-electron chi connectivity index (χ4n) is 3.48. The highest BCUT2D eigenvalue weighted by Gasteiger charge is 2.19. The van der Waals surface area contributed by atoms with E-state index < -0.39 is 0 Å². The van der Waals surface area contributed by atoms with Crippen LogP contribution in [0.25, 0.3) is 17.3 Å². The molecule has 0 saturated heterocycles. The number of aromatic nitrogens is 3. The average molecular weight is 477 g/mol. The number of carbonyl (C=O) groups is 1. The van der Waals surface area contributed by atoms with Crippen molar-refractivity contribution >= 4 is 23.4 Å². The standard InChI is InChI=1S/C26H28N4O3S/c1-4-18(3)19-8-10-20(11-9-19)27-24(31)17-34-26-29-28-25(23-7-6-16-33-23)30(26)21-12-14-22(15-13-21)32-5-2/h6-16,18H,4-5,17H2,1-3H3,(H,27,31)/t18-/m1/s1. The van der Waals surface area contributed by atoms with Gasteiger partial charge in [0.1, 0.15) is 5.75 Å². The van der Waals surface area contributed by atoms with Crippen LogP contribution < -0.4 is 10.1 Å². The highest BCUT2D eigenvalue weighted by atomic mass is 32.2. The van der Waals surface area contributed by atoms with Crippen LogP contribution in [0.3, 0.4) is 0 Å². The average Bonchev–Trinajstić information content (AvgIpc) is 3.53. The first kappa shape index (κ1) is 23.6. The van der Waals surface area contributed by atoms with Gasteiger partial charge in [-0.15, -0.1) is 10.2 Å². The Balaban J connectivity index is 1.50. The van der Waals surface area contributed by atoms with Gasteiger partial charge in [-0.25, -0.2) is 0 Å². The molecule has 4 rings (SSSR count). The number of benzene rings is 2. The molecule has 0 aliphatic heterocycles. The Kier molecular flexibility index (Phi) is 7.69. The number of rotatable bonds is 10. The highest BCUT2D eigenvalue weighted by molar-refractivity contribution is 7.99. The van der Waals surface area contributed by atoms with Crippen molar-refractivity contribution in [2.24, 2.45) is 0 Å². The number of ether oxygens (including phenoxy) is 1. The molecule has 8 heteroatoms. The second kappa shape index (κ2) is 11.1. The van der Waals surface area contributed by atoms with Gasteiger partial charge < -0.3 is 14.5 Å². The summed E-state index contributed by atoms with van der Waals surface area (Å²) in [4.78, 5) is 12.6. The van der Waals surface area contributed by atoms with Crippen molar-refractivity contribution in [1.82, 2.24) is 14.8 Å². The number of furan rings is 1. The van der Waals surface area contributed by atoms with E-state index >= 15 is 0 Å². The molecule has 176 valence electrons. The fraction of sp³-hybridized carbons (Fsp3) is 0.269. The van der Waals surface area contributed by atoms with Gasteiger partial charge in [0.25, 0.3) is 0 Å². The molecular weight excluding hydrogens is 448 g/mol. The van der Waals surface area contributed by atoms with Gasteiger partial charge >= 0.3 is 0 Å². The van der Waals surface area contributed by atoms with E-state index in [0.717, 1.165) is 23.5 Å². The molecule has 34 heavy (non-hydrogen) atoms. The number of nitrogens with zero attached hydrogens (tertiary/aromatic N) is 3. The molecule has 2 heterocycles. The van der Waals surface area contributed by atoms with Crippen LogP contribution in [0.15, 0.2) is 76.5 Å². The van der Waals surface area contributed by atoms with Crippen LogP contribution in [-0.2, 0) is 4.79 Å². The van der Waals surface area contributed by atoms with Crippen molar-refractivity contribution in [2.75, 3.05) is 17.7 Å². The molecule has 0 bridgehead atoms. The first-order valence-electron chi connectivity index (χ1n) is 11.3. The van der Waals surface area contributed by atoms with Gasteiger partial charge in [-0.1, -0.05) is 37.7 Å². The van der Waals surface area contributed by atoms with E-state index in [4.69, 9.17) is 9.15 Å². The van der Waals surface area contributed by atoms with E-state index in [1.165, 1.54) is 17.3 Å². The molecule has 4 aromatic rings. The number of amides is 1. The lowest BCUT2D eigenvalue weighted by Crippen LogP contribution is -2.14. The van der Waals surface area contributed by atoms with Gasteiger partial charge in [-0.2, -0.15) is 0 Å². The van der Waals surface area contributed by atoms with Gasteiger partial charge in [-0.05, 0) is 73.4 Å². The van der Waals surface area contributed by atoms with Crippen LogP contribution in [0.5, 0.6) is 5.75 Å². The van der Waals surface area contributed by atoms with Crippen molar-refractivity contribution in [2.45, 2.75) is 38.3 Å². The fourth-order valence-corrected chi connectivity index (χ4v) is 4.23. The van der Waals surface area contributed by atoms with Crippen molar-refractivity contribution < 1.29 is 13.9 Å². The summed E-state index contributed by atoms with van der Waals surface area (Å²) >= 11 is 1.32. The maximum Gasteiger partial charge on any atom is 0.234 e. The summed E-state index contributed by atoms with van der Waals surface area (Å²) in [5, 5.41) is 12.2. The molecule has 0 aliphatic rings. The molecule has 2 aromatic heterocycles. The van der Waals surface area contributed by atoms with E-state index in [-0.39, 0.29) is 11.7 Å². The van der Waals surface area contributed by atoms with E-state index in [1.807, 2.05) is 54.0 Å². The molecule has 0 spiro atoms. The monoisotopic (exact) mass is 476 g/mol. The first-order chi connectivity index (χ1) is 16.6. The second-order valence-corrected chi connectivity index (χ2v) is 8.76. The molecule has 0 saturated carbocycles. The summed E-state index contributed by atoms with van der Waals surface area (Å²) in [6, 6.07) is 19.3. The minimum Gasteiger partial charge on any atom is -0.494 e. The van der Waals surface area contributed by atoms with Crippen molar-refractivity contribution in [1.29, 1.82) is 0 Å². The van der Waals surface area contributed by atoms with Gasteiger partial charge in [0.2, 0.25) is 11.7 Å². The van der Waals surface area contributed by atoms with Gasteiger partial charge in [0, 0.05) is 5.69 Å². The zero-order chi connectivity index (χ0) is 23.9. The summed E-state index contributed by atoms with van der Waals surface area (Å²) < 4.78 is 13.0. The lowest BCUT2D eigenvalue weighted by molar-refractivity contribution is -0.113. The lowest BCUT2D eigenvalue weighted by atomic mass is 9.99. The Morgan fingerprint density at radius 3 is 2.50 bits per heavy atom. The zero-order valence-corrected chi connectivity index (χ0v) is 20.3. The molecule has 0 fully saturated rings. The molecule has 0 aliphatic carbocycles. The minimum absolute atomic E-state index is 0.109. The molecule has 7 nitrogen and oxygen atoms in total. The van der Waals surface area contributed by atoms with Crippen LogP contribution in [-0.4, -0.2) is 33.0 Å². The number of hydrogen-bond donors (Lipinski definition) is 1. The summed E-state index contributed by atoms with van der Waals surface area (Å²) in [5.74, 6) is 2.53. The number of hydrogen-bond acceptors (Lipinski definition) is 6. The van der Waals surface area contributed by atoms with Crippen LogP contribution in [0.1, 0.15) is 38.7 Å². The number of anilines is 1. The normalized spacial score (nSPS) is 11.9. The highest BCUT2D eigenvalue weighted by Crippen LogP contribution is 2.29. The quantitative estimate of drug-likeness (QED) is 0.276.